The zero-order valence-electron chi connectivity index (χ0n) is 12.0. The fraction of sp³-hybridized carbons (Fsp3) is 0.333. The van der Waals surface area contributed by atoms with E-state index >= 15 is 0 Å². The largest absolute Gasteiger partial charge is 0.497 e. The average Bonchev–Trinajstić information content (AvgIpc) is 3.11. The summed E-state index contributed by atoms with van der Waals surface area (Å²) in [4.78, 5) is 4.63. The molecule has 110 valence electrons. The van der Waals surface area contributed by atoms with Crippen molar-refractivity contribution in [2.75, 3.05) is 7.11 Å². The molecule has 0 aliphatic carbocycles. The van der Waals surface area contributed by atoms with E-state index in [0.29, 0.717) is 0 Å². The maximum absolute atomic E-state index is 6.28. The second-order valence-electron chi connectivity index (χ2n) is 4.86. The van der Waals surface area contributed by atoms with Crippen LogP contribution in [0.5, 0.6) is 5.75 Å². The van der Waals surface area contributed by atoms with Crippen LogP contribution in [-0.4, -0.2) is 26.4 Å². The Kier molecular flexibility index (Phi) is 3.84. The summed E-state index contributed by atoms with van der Waals surface area (Å²) >= 11 is 6.28. The molecule has 0 saturated carbocycles. The molecule has 2 aromatic heterocycles. The van der Waals surface area contributed by atoms with Crippen molar-refractivity contribution in [3.63, 3.8) is 0 Å². The van der Waals surface area contributed by atoms with Crippen LogP contribution in [0.25, 0.3) is 11.0 Å². The van der Waals surface area contributed by atoms with Crippen molar-refractivity contribution < 1.29 is 4.74 Å². The summed E-state index contributed by atoms with van der Waals surface area (Å²) in [5.41, 5.74) is 1.96. The molecule has 21 heavy (non-hydrogen) atoms. The zero-order valence-corrected chi connectivity index (χ0v) is 12.8. The lowest BCUT2D eigenvalue weighted by molar-refractivity contribution is 0.415. The minimum Gasteiger partial charge on any atom is -0.497 e. The first-order valence-electron chi connectivity index (χ1n) is 6.84. The van der Waals surface area contributed by atoms with Gasteiger partial charge in [0.05, 0.1) is 30.1 Å². The van der Waals surface area contributed by atoms with Crippen LogP contribution in [0.15, 0.2) is 36.7 Å². The summed E-state index contributed by atoms with van der Waals surface area (Å²) in [5, 5.41) is 4.08. The minimum absolute atomic E-state index is 0.152. The van der Waals surface area contributed by atoms with Crippen molar-refractivity contribution in [1.29, 1.82) is 0 Å². The van der Waals surface area contributed by atoms with Gasteiger partial charge in [-0.2, -0.15) is 5.10 Å². The Bertz CT molecular complexity index is 734. The molecule has 0 amide bonds. The molecule has 0 N–H and O–H groups in total. The maximum atomic E-state index is 6.28. The van der Waals surface area contributed by atoms with E-state index in [1.54, 1.807) is 13.3 Å². The number of hydrogen-bond donors (Lipinski definition) is 0. The van der Waals surface area contributed by atoms with Crippen molar-refractivity contribution >= 4 is 22.6 Å². The SMILES string of the molecule is COc1ccc2nc(C(C)Cl)n(CCn3cccn3)c2c1. The van der Waals surface area contributed by atoms with Crippen LogP contribution in [0.2, 0.25) is 0 Å². The molecule has 0 saturated heterocycles. The van der Waals surface area contributed by atoms with Gasteiger partial charge in [0.25, 0.3) is 0 Å². The van der Waals surface area contributed by atoms with E-state index in [0.717, 1.165) is 35.7 Å². The van der Waals surface area contributed by atoms with Crippen molar-refractivity contribution in [2.24, 2.45) is 0 Å². The molecule has 1 atom stereocenters. The number of hydrogen-bond acceptors (Lipinski definition) is 3. The number of fused-ring (bicyclic) bond motifs is 1. The molecular weight excluding hydrogens is 288 g/mol. The summed E-state index contributed by atoms with van der Waals surface area (Å²) in [5.74, 6) is 1.68. The predicted molar refractivity (Wildman–Crippen MR) is 82.8 cm³/mol. The van der Waals surface area contributed by atoms with Crippen LogP contribution >= 0.6 is 11.6 Å². The predicted octanol–water partition coefficient (Wildman–Crippen LogP) is 3.24. The third-order valence-corrected chi connectivity index (χ3v) is 3.65. The van der Waals surface area contributed by atoms with Crippen molar-refractivity contribution in [1.82, 2.24) is 19.3 Å². The van der Waals surface area contributed by atoms with E-state index in [2.05, 4.69) is 14.6 Å². The van der Waals surface area contributed by atoms with Crippen molar-refractivity contribution in [3.05, 3.63) is 42.5 Å². The van der Waals surface area contributed by atoms with Crippen LogP contribution in [-0.2, 0) is 13.1 Å². The Hall–Kier alpha value is -2.01. The van der Waals surface area contributed by atoms with E-state index in [1.807, 2.05) is 42.1 Å². The first kappa shape index (κ1) is 13.9. The second kappa shape index (κ2) is 5.77. The molecule has 1 aromatic carbocycles. The van der Waals surface area contributed by atoms with Crippen molar-refractivity contribution in [2.45, 2.75) is 25.4 Å². The summed E-state index contributed by atoms with van der Waals surface area (Å²) < 4.78 is 9.34. The highest BCUT2D eigenvalue weighted by molar-refractivity contribution is 6.20. The van der Waals surface area contributed by atoms with Crippen LogP contribution in [0.1, 0.15) is 18.1 Å². The summed E-state index contributed by atoms with van der Waals surface area (Å²) in [6, 6.07) is 7.78. The Morgan fingerprint density at radius 1 is 1.33 bits per heavy atom. The second-order valence-corrected chi connectivity index (χ2v) is 5.52. The zero-order chi connectivity index (χ0) is 14.8. The third kappa shape index (κ3) is 2.74. The maximum Gasteiger partial charge on any atom is 0.127 e. The number of halogens is 1. The normalized spacial score (nSPS) is 12.7. The van der Waals surface area contributed by atoms with Gasteiger partial charge in [-0.25, -0.2) is 4.98 Å². The molecule has 0 radical (unpaired) electrons. The number of aromatic nitrogens is 4. The number of ether oxygens (including phenoxy) is 1. The lowest BCUT2D eigenvalue weighted by atomic mass is 10.3. The molecule has 3 rings (SSSR count). The molecule has 1 unspecified atom stereocenters. The standard InChI is InChI=1S/C15H17ClN4O/c1-11(16)15-18-13-5-4-12(21-2)10-14(13)20(15)9-8-19-7-3-6-17-19/h3-7,10-11H,8-9H2,1-2H3. The fourth-order valence-electron chi connectivity index (χ4n) is 2.42. The monoisotopic (exact) mass is 304 g/mol. The van der Waals surface area contributed by atoms with Gasteiger partial charge in [0.15, 0.2) is 0 Å². The summed E-state index contributed by atoms with van der Waals surface area (Å²) in [7, 11) is 1.66. The van der Waals surface area contributed by atoms with Crippen LogP contribution in [0, 0.1) is 0 Å². The number of alkyl halides is 1. The molecular formula is C15H17ClN4O. The van der Waals surface area contributed by atoms with Gasteiger partial charge in [0, 0.05) is 25.0 Å². The number of imidazole rings is 1. The van der Waals surface area contributed by atoms with Crippen LogP contribution < -0.4 is 4.74 Å². The van der Waals surface area contributed by atoms with Gasteiger partial charge >= 0.3 is 0 Å². The van der Waals surface area contributed by atoms with Crippen LogP contribution in [0.4, 0.5) is 0 Å². The smallest absolute Gasteiger partial charge is 0.127 e. The van der Waals surface area contributed by atoms with Gasteiger partial charge < -0.3 is 9.30 Å². The third-order valence-electron chi connectivity index (χ3n) is 3.45. The molecule has 0 fully saturated rings. The van der Waals surface area contributed by atoms with Gasteiger partial charge in [-0.05, 0) is 25.1 Å². The van der Waals surface area contributed by atoms with Gasteiger partial charge in [-0.3, -0.25) is 4.68 Å². The van der Waals surface area contributed by atoms with E-state index in [4.69, 9.17) is 16.3 Å². The Morgan fingerprint density at radius 2 is 2.19 bits per heavy atom. The van der Waals surface area contributed by atoms with Gasteiger partial charge in [-0.15, -0.1) is 11.6 Å². The molecule has 3 aromatic rings. The van der Waals surface area contributed by atoms with Gasteiger partial charge in [0.2, 0.25) is 0 Å². The topological polar surface area (TPSA) is 44.9 Å². The fourth-order valence-corrected chi connectivity index (χ4v) is 2.59. The Labute approximate surface area is 128 Å². The van der Waals surface area contributed by atoms with E-state index < -0.39 is 0 Å². The highest BCUT2D eigenvalue weighted by Gasteiger charge is 2.15. The first-order valence-corrected chi connectivity index (χ1v) is 7.28. The highest BCUT2D eigenvalue weighted by Crippen LogP contribution is 2.27. The van der Waals surface area contributed by atoms with Gasteiger partial charge in [-0.1, -0.05) is 0 Å². The number of benzene rings is 1. The lowest BCUT2D eigenvalue weighted by Crippen LogP contribution is -2.11. The molecule has 0 bridgehead atoms. The molecule has 5 nitrogen and oxygen atoms in total. The minimum atomic E-state index is -0.152. The van der Waals surface area contributed by atoms with Crippen LogP contribution in [0.3, 0.4) is 0 Å². The molecule has 0 aliphatic heterocycles. The number of methoxy groups -OCH3 is 1. The van der Waals surface area contributed by atoms with E-state index in [1.165, 1.54) is 0 Å². The van der Waals surface area contributed by atoms with E-state index in [9.17, 15) is 0 Å². The number of rotatable bonds is 5. The Balaban J connectivity index is 2.01. The molecule has 0 aliphatic rings. The average molecular weight is 305 g/mol. The summed E-state index contributed by atoms with van der Waals surface area (Å²) in [6.07, 6.45) is 3.73. The molecule has 2 heterocycles. The summed E-state index contributed by atoms with van der Waals surface area (Å²) in [6.45, 7) is 3.47. The number of aryl methyl sites for hydroxylation is 2. The van der Waals surface area contributed by atoms with E-state index in [-0.39, 0.29) is 5.38 Å². The number of nitrogens with zero attached hydrogens (tertiary/aromatic N) is 4. The highest BCUT2D eigenvalue weighted by atomic mass is 35.5. The molecule has 0 spiro atoms. The first-order chi connectivity index (χ1) is 10.2. The quantitative estimate of drug-likeness (QED) is 0.680. The van der Waals surface area contributed by atoms with Crippen molar-refractivity contribution in [3.8, 4) is 5.75 Å². The Morgan fingerprint density at radius 3 is 2.86 bits per heavy atom. The molecule has 6 heteroatoms. The lowest BCUT2D eigenvalue weighted by Gasteiger charge is -2.11. The van der Waals surface area contributed by atoms with Gasteiger partial charge in [0.1, 0.15) is 11.6 Å².